The van der Waals surface area contributed by atoms with E-state index in [1.165, 1.54) is 6.42 Å². The molecule has 0 saturated heterocycles. The SMILES string of the molecule is CCCCC(N)(N)C(C)C. The molecule has 0 unspecified atom stereocenters. The van der Waals surface area contributed by atoms with Gasteiger partial charge < -0.3 is 11.5 Å². The Hall–Kier alpha value is -0.0800. The molecule has 0 atom stereocenters. The summed E-state index contributed by atoms with van der Waals surface area (Å²) in [7, 11) is 0. The molecule has 2 heteroatoms. The van der Waals surface area contributed by atoms with Gasteiger partial charge in [0.1, 0.15) is 0 Å². The zero-order valence-electron chi connectivity index (χ0n) is 7.35. The van der Waals surface area contributed by atoms with Crippen LogP contribution in [0.15, 0.2) is 0 Å². The van der Waals surface area contributed by atoms with Gasteiger partial charge in [0.25, 0.3) is 0 Å². The average Bonchev–Trinajstić information content (AvgIpc) is 1.84. The topological polar surface area (TPSA) is 52.0 Å². The van der Waals surface area contributed by atoms with Gasteiger partial charge in [0.2, 0.25) is 0 Å². The maximum atomic E-state index is 5.82. The lowest BCUT2D eigenvalue weighted by Crippen LogP contribution is -2.53. The van der Waals surface area contributed by atoms with E-state index in [0.29, 0.717) is 5.92 Å². The second-order valence-corrected chi connectivity index (χ2v) is 3.37. The van der Waals surface area contributed by atoms with Crippen LogP contribution < -0.4 is 11.5 Å². The molecule has 0 rings (SSSR count). The van der Waals surface area contributed by atoms with Gasteiger partial charge in [-0.3, -0.25) is 0 Å². The molecule has 4 N–H and O–H groups in total. The fraction of sp³-hybridized carbons (Fsp3) is 1.00. The highest BCUT2D eigenvalue weighted by Crippen LogP contribution is 2.14. The molecule has 62 valence electrons. The van der Waals surface area contributed by atoms with E-state index in [2.05, 4.69) is 20.8 Å². The molecule has 0 saturated carbocycles. The molecular weight excluding hydrogens is 124 g/mol. The van der Waals surface area contributed by atoms with Crippen LogP contribution in [0.3, 0.4) is 0 Å². The molecule has 0 aliphatic heterocycles. The van der Waals surface area contributed by atoms with E-state index < -0.39 is 5.66 Å². The van der Waals surface area contributed by atoms with Gasteiger partial charge in [0, 0.05) is 0 Å². The summed E-state index contributed by atoms with van der Waals surface area (Å²) in [4.78, 5) is 0. The van der Waals surface area contributed by atoms with Crippen molar-refractivity contribution in [1.82, 2.24) is 0 Å². The molecule has 0 bridgehead atoms. The maximum Gasteiger partial charge on any atom is 0.0660 e. The van der Waals surface area contributed by atoms with Gasteiger partial charge in [0.05, 0.1) is 5.66 Å². The standard InChI is InChI=1S/C8H20N2/c1-4-5-6-8(9,10)7(2)3/h7H,4-6,9-10H2,1-3H3. The lowest BCUT2D eigenvalue weighted by molar-refractivity contribution is 0.290. The van der Waals surface area contributed by atoms with E-state index in [1.807, 2.05) is 0 Å². The quantitative estimate of drug-likeness (QED) is 0.587. The Bertz CT molecular complexity index is 87.3. The summed E-state index contributed by atoms with van der Waals surface area (Å²) in [5.41, 5.74) is 11.2. The summed E-state index contributed by atoms with van der Waals surface area (Å²) in [6.45, 7) is 6.28. The highest BCUT2D eigenvalue weighted by molar-refractivity contribution is 4.79. The van der Waals surface area contributed by atoms with Crippen LogP contribution >= 0.6 is 0 Å². The molecule has 2 nitrogen and oxygen atoms in total. The number of rotatable bonds is 4. The van der Waals surface area contributed by atoms with Crippen molar-refractivity contribution in [3.63, 3.8) is 0 Å². The molecule has 0 fully saturated rings. The Morgan fingerprint density at radius 2 is 1.80 bits per heavy atom. The normalized spacial score (nSPS) is 12.6. The van der Waals surface area contributed by atoms with Crippen molar-refractivity contribution in [2.45, 2.75) is 45.7 Å². The second kappa shape index (κ2) is 3.94. The first kappa shape index (κ1) is 9.92. The first-order valence-electron chi connectivity index (χ1n) is 4.08. The number of hydrogen-bond donors (Lipinski definition) is 2. The smallest absolute Gasteiger partial charge is 0.0660 e. The highest BCUT2D eigenvalue weighted by atomic mass is 15.0. The summed E-state index contributed by atoms with van der Waals surface area (Å²) in [6.07, 6.45) is 3.23. The molecule has 0 spiro atoms. The van der Waals surface area contributed by atoms with E-state index in [1.54, 1.807) is 0 Å². The van der Waals surface area contributed by atoms with Crippen LogP contribution in [0.2, 0.25) is 0 Å². The number of hydrogen-bond acceptors (Lipinski definition) is 2. The van der Waals surface area contributed by atoms with Crippen molar-refractivity contribution in [2.75, 3.05) is 0 Å². The first-order chi connectivity index (χ1) is 4.50. The monoisotopic (exact) mass is 144 g/mol. The Kier molecular flexibility index (Phi) is 3.91. The van der Waals surface area contributed by atoms with Crippen LogP contribution in [0.25, 0.3) is 0 Å². The zero-order valence-corrected chi connectivity index (χ0v) is 7.35. The van der Waals surface area contributed by atoms with E-state index in [0.717, 1.165) is 12.8 Å². The largest absolute Gasteiger partial charge is 0.313 e. The van der Waals surface area contributed by atoms with E-state index in [4.69, 9.17) is 11.5 Å². The van der Waals surface area contributed by atoms with Crippen molar-refractivity contribution < 1.29 is 0 Å². The molecular formula is C8H20N2. The Labute approximate surface area is 64.0 Å². The van der Waals surface area contributed by atoms with E-state index in [9.17, 15) is 0 Å². The van der Waals surface area contributed by atoms with Crippen molar-refractivity contribution in [3.05, 3.63) is 0 Å². The van der Waals surface area contributed by atoms with E-state index >= 15 is 0 Å². The Morgan fingerprint density at radius 3 is 2.10 bits per heavy atom. The second-order valence-electron chi connectivity index (χ2n) is 3.37. The first-order valence-corrected chi connectivity index (χ1v) is 4.08. The summed E-state index contributed by atoms with van der Waals surface area (Å²) in [5.74, 6) is 0.374. The Morgan fingerprint density at radius 1 is 1.30 bits per heavy atom. The van der Waals surface area contributed by atoms with Gasteiger partial charge in [-0.25, -0.2) is 0 Å². The zero-order chi connectivity index (χ0) is 8.20. The summed E-state index contributed by atoms with van der Waals surface area (Å²) in [5, 5.41) is 0. The van der Waals surface area contributed by atoms with Crippen LogP contribution in [0.4, 0.5) is 0 Å². The molecule has 0 amide bonds. The summed E-state index contributed by atoms with van der Waals surface area (Å²) >= 11 is 0. The number of nitrogens with two attached hydrogens (primary N) is 2. The predicted molar refractivity (Wildman–Crippen MR) is 45.5 cm³/mol. The van der Waals surface area contributed by atoms with Crippen LogP contribution in [0.1, 0.15) is 40.0 Å². The van der Waals surface area contributed by atoms with Crippen LogP contribution in [0, 0.1) is 5.92 Å². The molecule has 0 aromatic heterocycles. The van der Waals surface area contributed by atoms with Crippen molar-refractivity contribution in [2.24, 2.45) is 17.4 Å². The van der Waals surface area contributed by atoms with Crippen molar-refractivity contribution in [3.8, 4) is 0 Å². The van der Waals surface area contributed by atoms with Gasteiger partial charge in [-0.05, 0) is 12.3 Å². The lowest BCUT2D eigenvalue weighted by atomic mass is 9.92. The third kappa shape index (κ3) is 3.18. The minimum atomic E-state index is -0.448. The molecule has 0 aliphatic carbocycles. The minimum absolute atomic E-state index is 0.374. The number of unbranched alkanes of at least 4 members (excludes halogenated alkanes) is 1. The summed E-state index contributed by atoms with van der Waals surface area (Å²) in [6, 6.07) is 0. The van der Waals surface area contributed by atoms with Gasteiger partial charge in [-0.15, -0.1) is 0 Å². The Balaban J connectivity index is 3.63. The lowest BCUT2D eigenvalue weighted by Gasteiger charge is -2.28. The van der Waals surface area contributed by atoms with Gasteiger partial charge >= 0.3 is 0 Å². The molecule has 0 aliphatic rings. The molecule has 0 aromatic rings. The third-order valence-corrected chi connectivity index (χ3v) is 2.04. The molecule has 0 aromatic carbocycles. The summed E-state index contributed by atoms with van der Waals surface area (Å²) < 4.78 is 0. The van der Waals surface area contributed by atoms with Gasteiger partial charge in [-0.1, -0.05) is 33.6 Å². The van der Waals surface area contributed by atoms with Gasteiger partial charge in [-0.2, -0.15) is 0 Å². The fourth-order valence-electron chi connectivity index (χ4n) is 0.772. The predicted octanol–water partition coefficient (Wildman–Crippen LogP) is 1.45. The van der Waals surface area contributed by atoms with Crippen molar-refractivity contribution in [1.29, 1.82) is 0 Å². The van der Waals surface area contributed by atoms with Gasteiger partial charge in [0.15, 0.2) is 0 Å². The highest BCUT2D eigenvalue weighted by Gasteiger charge is 2.21. The fourth-order valence-corrected chi connectivity index (χ4v) is 0.772. The minimum Gasteiger partial charge on any atom is -0.313 e. The average molecular weight is 144 g/mol. The van der Waals surface area contributed by atoms with Crippen LogP contribution in [0.5, 0.6) is 0 Å². The van der Waals surface area contributed by atoms with E-state index in [-0.39, 0.29) is 0 Å². The van der Waals surface area contributed by atoms with Crippen molar-refractivity contribution >= 4 is 0 Å². The molecule has 0 heterocycles. The van der Waals surface area contributed by atoms with Crippen LogP contribution in [-0.2, 0) is 0 Å². The molecule has 0 radical (unpaired) electrons. The molecule has 10 heavy (non-hydrogen) atoms. The maximum absolute atomic E-state index is 5.82. The van der Waals surface area contributed by atoms with Crippen LogP contribution in [-0.4, -0.2) is 5.66 Å². The third-order valence-electron chi connectivity index (χ3n) is 2.04.